The maximum absolute atomic E-state index is 10.0. The Hall–Kier alpha value is -1.35. The summed E-state index contributed by atoms with van der Waals surface area (Å²) < 4.78 is 10.5. The van der Waals surface area contributed by atoms with Gasteiger partial charge in [-0.25, -0.2) is 0 Å². The van der Waals surface area contributed by atoms with E-state index in [-0.39, 0.29) is 0 Å². The van der Waals surface area contributed by atoms with Gasteiger partial charge < -0.3 is 34.9 Å². The van der Waals surface area contributed by atoms with E-state index in [1.165, 1.54) is 0 Å². The molecule has 120 valence electrons. The number of halogens is 1. The second-order valence-electron chi connectivity index (χ2n) is 5.18. The van der Waals surface area contributed by atoms with Crippen LogP contribution in [0.1, 0.15) is 0 Å². The van der Waals surface area contributed by atoms with Crippen LogP contribution in [0, 0.1) is 0 Å². The van der Waals surface area contributed by atoms with Crippen LogP contribution in [-0.4, -0.2) is 62.7 Å². The first-order valence-corrected chi connectivity index (χ1v) is 7.13. The summed E-state index contributed by atoms with van der Waals surface area (Å²) >= 11 is 5.90. The lowest BCUT2D eigenvalue weighted by molar-refractivity contribution is -0.280. The van der Waals surface area contributed by atoms with E-state index < -0.39 is 37.3 Å². The van der Waals surface area contributed by atoms with Crippen molar-refractivity contribution < 1.29 is 29.9 Å². The van der Waals surface area contributed by atoms with Gasteiger partial charge in [0.05, 0.1) is 6.61 Å². The van der Waals surface area contributed by atoms with Crippen LogP contribution in [-0.2, 0) is 4.74 Å². The number of ether oxygens (including phenoxy) is 2. The molecule has 0 amide bonds. The normalized spacial score (nSPS) is 32.3. The van der Waals surface area contributed by atoms with Crippen molar-refractivity contribution in [1.82, 2.24) is 4.98 Å². The Morgan fingerprint density at radius 3 is 2.68 bits per heavy atom. The van der Waals surface area contributed by atoms with Crippen molar-refractivity contribution in [2.45, 2.75) is 30.7 Å². The molecule has 3 rings (SSSR count). The molecule has 0 spiro atoms. The van der Waals surface area contributed by atoms with Gasteiger partial charge in [-0.2, -0.15) is 0 Å². The zero-order chi connectivity index (χ0) is 15.9. The van der Waals surface area contributed by atoms with Gasteiger partial charge in [-0.15, -0.1) is 0 Å². The molecule has 5 atom stereocenters. The van der Waals surface area contributed by atoms with Crippen LogP contribution in [0.25, 0.3) is 10.9 Å². The molecule has 7 nitrogen and oxygen atoms in total. The Labute approximate surface area is 130 Å². The molecule has 1 aliphatic heterocycles. The number of aromatic nitrogens is 1. The van der Waals surface area contributed by atoms with E-state index >= 15 is 0 Å². The highest BCUT2D eigenvalue weighted by Gasteiger charge is 2.45. The van der Waals surface area contributed by atoms with Crippen LogP contribution in [0.15, 0.2) is 24.3 Å². The SMILES string of the molecule is OC[C@H]1O[C@@H](O)[C@H](Oc2cc3ccc(Cl)cc3[nH]2)[C@@H](O)[C@@H]1O. The standard InChI is InChI=1S/C14H16ClNO6/c15-7-2-1-6-3-10(16-8(6)4-7)22-13-12(19)11(18)9(5-17)21-14(13)20/h1-4,9,11-14,16-20H,5H2/t9-,11-,12+,13-,14-/m1/s1. The molecule has 0 radical (unpaired) electrons. The number of aliphatic hydroxyl groups is 4. The highest BCUT2D eigenvalue weighted by Crippen LogP contribution is 2.27. The smallest absolute Gasteiger partial charge is 0.195 e. The Kier molecular flexibility index (Phi) is 4.26. The molecule has 0 aliphatic carbocycles. The van der Waals surface area contributed by atoms with Gasteiger partial charge in [0.2, 0.25) is 0 Å². The fourth-order valence-corrected chi connectivity index (χ4v) is 2.65. The van der Waals surface area contributed by atoms with Crippen LogP contribution in [0.2, 0.25) is 5.02 Å². The van der Waals surface area contributed by atoms with Crippen LogP contribution in [0.4, 0.5) is 0 Å². The molecule has 8 heteroatoms. The quantitative estimate of drug-likeness (QED) is 0.541. The molecule has 5 N–H and O–H groups in total. The lowest BCUT2D eigenvalue weighted by Crippen LogP contribution is -2.60. The number of hydrogen-bond acceptors (Lipinski definition) is 6. The topological polar surface area (TPSA) is 115 Å². The van der Waals surface area contributed by atoms with E-state index in [1.807, 2.05) is 0 Å². The lowest BCUT2D eigenvalue weighted by atomic mass is 9.99. The van der Waals surface area contributed by atoms with E-state index in [2.05, 4.69) is 4.98 Å². The van der Waals surface area contributed by atoms with Gasteiger partial charge in [-0.1, -0.05) is 17.7 Å². The molecule has 0 unspecified atom stereocenters. The minimum Gasteiger partial charge on any atom is -0.467 e. The maximum atomic E-state index is 10.0. The predicted molar refractivity (Wildman–Crippen MR) is 77.7 cm³/mol. The van der Waals surface area contributed by atoms with E-state index in [1.54, 1.807) is 24.3 Å². The molecule has 1 aliphatic rings. The number of benzene rings is 1. The largest absolute Gasteiger partial charge is 0.467 e. The van der Waals surface area contributed by atoms with Crippen LogP contribution in [0.5, 0.6) is 5.88 Å². The number of rotatable bonds is 3. The van der Waals surface area contributed by atoms with E-state index in [0.717, 1.165) is 10.9 Å². The van der Waals surface area contributed by atoms with Gasteiger partial charge in [0.1, 0.15) is 18.3 Å². The Balaban J connectivity index is 1.81. The summed E-state index contributed by atoms with van der Waals surface area (Å²) in [5.41, 5.74) is 0.733. The van der Waals surface area contributed by atoms with Gasteiger partial charge in [0.25, 0.3) is 0 Å². The number of aromatic amines is 1. The number of aliphatic hydroxyl groups excluding tert-OH is 4. The van der Waals surface area contributed by atoms with Crippen molar-refractivity contribution in [2.75, 3.05) is 6.61 Å². The zero-order valence-electron chi connectivity index (χ0n) is 11.4. The molecule has 22 heavy (non-hydrogen) atoms. The van der Waals surface area contributed by atoms with Gasteiger partial charge in [-0.3, -0.25) is 0 Å². The third kappa shape index (κ3) is 2.79. The molecule has 1 fully saturated rings. The monoisotopic (exact) mass is 329 g/mol. The van der Waals surface area contributed by atoms with Crippen molar-refractivity contribution in [2.24, 2.45) is 0 Å². The van der Waals surface area contributed by atoms with Crippen molar-refractivity contribution in [3.8, 4) is 5.88 Å². The predicted octanol–water partition coefficient (Wildman–Crippen LogP) is -0.000000000000000278. The van der Waals surface area contributed by atoms with Crippen LogP contribution < -0.4 is 4.74 Å². The minimum atomic E-state index is -1.48. The summed E-state index contributed by atoms with van der Waals surface area (Å²) in [4.78, 5) is 2.95. The van der Waals surface area contributed by atoms with E-state index in [0.29, 0.717) is 10.9 Å². The fourth-order valence-electron chi connectivity index (χ4n) is 2.48. The number of hydrogen-bond donors (Lipinski definition) is 5. The highest BCUT2D eigenvalue weighted by atomic mass is 35.5. The lowest BCUT2D eigenvalue weighted by Gasteiger charge is -2.39. The van der Waals surface area contributed by atoms with Crippen molar-refractivity contribution in [3.05, 3.63) is 29.3 Å². The Bertz CT molecular complexity index is 662. The average Bonchev–Trinajstić information content (AvgIpc) is 2.89. The van der Waals surface area contributed by atoms with Crippen LogP contribution in [0.3, 0.4) is 0 Å². The van der Waals surface area contributed by atoms with E-state index in [9.17, 15) is 15.3 Å². The van der Waals surface area contributed by atoms with Gasteiger partial charge >= 0.3 is 0 Å². The van der Waals surface area contributed by atoms with Crippen molar-refractivity contribution in [1.29, 1.82) is 0 Å². The Morgan fingerprint density at radius 1 is 1.18 bits per heavy atom. The molecular weight excluding hydrogens is 314 g/mol. The number of H-pyrrole nitrogens is 1. The maximum Gasteiger partial charge on any atom is 0.195 e. The van der Waals surface area contributed by atoms with Crippen molar-refractivity contribution in [3.63, 3.8) is 0 Å². The fraction of sp³-hybridized carbons (Fsp3) is 0.429. The summed E-state index contributed by atoms with van der Waals surface area (Å²) in [6.45, 7) is -0.521. The Morgan fingerprint density at radius 2 is 1.95 bits per heavy atom. The second kappa shape index (κ2) is 6.04. The van der Waals surface area contributed by atoms with Gasteiger partial charge in [-0.05, 0) is 12.1 Å². The first kappa shape index (κ1) is 15.5. The van der Waals surface area contributed by atoms with Gasteiger partial charge in [0, 0.05) is 22.0 Å². The van der Waals surface area contributed by atoms with Gasteiger partial charge in [0.15, 0.2) is 18.3 Å². The summed E-state index contributed by atoms with van der Waals surface area (Å²) in [7, 11) is 0. The summed E-state index contributed by atoms with van der Waals surface area (Å²) in [6, 6.07) is 6.91. The van der Waals surface area contributed by atoms with Crippen molar-refractivity contribution >= 4 is 22.5 Å². The number of fused-ring (bicyclic) bond motifs is 1. The average molecular weight is 330 g/mol. The molecular formula is C14H16ClNO6. The van der Waals surface area contributed by atoms with E-state index in [4.69, 9.17) is 26.2 Å². The summed E-state index contributed by atoms with van der Waals surface area (Å²) in [6.07, 6.45) is -6.51. The minimum absolute atomic E-state index is 0.290. The molecule has 1 aromatic heterocycles. The number of nitrogens with one attached hydrogen (secondary N) is 1. The summed E-state index contributed by atoms with van der Waals surface area (Å²) in [5, 5.41) is 40.2. The third-order valence-corrected chi connectivity index (χ3v) is 3.90. The zero-order valence-corrected chi connectivity index (χ0v) is 12.1. The first-order valence-electron chi connectivity index (χ1n) is 6.75. The summed E-state index contributed by atoms with van der Waals surface area (Å²) in [5.74, 6) is 0.290. The van der Waals surface area contributed by atoms with Crippen LogP contribution >= 0.6 is 11.6 Å². The molecule has 2 aromatic rings. The molecule has 1 aromatic carbocycles. The first-order chi connectivity index (χ1) is 10.5. The third-order valence-electron chi connectivity index (χ3n) is 3.67. The molecule has 2 heterocycles. The molecule has 1 saturated heterocycles. The second-order valence-corrected chi connectivity index (χ2v) is 5.61. The highest BCUT2D eigenvalue weighted by molar-refractivity contribution is 6.31. The molecule has 0 saturated carbocycles. The molecule has 0 bridgehead atoms.